The first-order valence-corrected chi connectivity index (χ1v) is 6.38. The molecule has 0 saturated carbocycles. The van der Waals surface area contributed by atoms with Crippen molar-refractivity contribution in [2.45, 2.75) is 19.8 Å². The van der Waals surface area contributed by atoms with Crippen LogP contribution < -0.4 is 0 Å². The zero-order valence-electron chi connectivity index (χ0n) is 10.3. The van der Waals surface area contributed by atoms with Gasteiger partial charge in [-0.15, -0.1) is 0 Å². The van der Waals surface area contributed by atoms with E-state index in [1.807, 2.05) is 55.5 Å². The van der Waals surface area contributed by atoms with Gasteiger partial charge in [-0.3, -0.25) is 4.79 Å². The minimum atomic E-state index is 0.197. The average Bonchev–Trinajstić information content (AvgIpc) is 2.38. The summed E-state index contributed by atoms with van der Waals surface area (Å²) in [6, 6.07) is 15.4. The van der Waals surface area contributed by atoms with E-state index in [0.717, 1.165) is 28.1 Å². The van der Waals surface area contributed by atoms with Gasteiger partial charge in [0.05, 0.1) is 0 Å². The molecule has 0 bridgehead atoms. The van der Waals surface area contributed by atoms with Gasteiger partial charge in [0, 0.05) is 17.0 Å². The Labute approximate surface area is 112 Å². The van der Waals surface area contributed by atoms with Crippen molar-refractivity contribution in [3.63, 3.8) is 0 Å². The predicted molar refractivity (Wildman–Crippen MR) is 75.3 cm³/mol. The highest BCUT2D eigenvalue weighted by Crippen LogP contribution is 2.14. The Morgan fingerprint density at radius 3 is 2.39 bits per heavy atom. The van der Waals surface area contributed by atoms with Gasteiger partial charge in [0.1, 0.15) is 0 Å². The number of hydrogen-bond acceptors (Lipinski definition) is 1. The number of Topliss-reactive ketones (excluding diaryl/α,β-unsaturated/α-hetero) is 1. The summed E-state index contributed by atoms with van der Waals surface area (Å²) in [6.07, 6.45) is 1.29. The number of halogens is 1. The van der Waals surface area contributed by atoms with Crippen LogP contribution in [0.2, 0.25) is 5.02 Å². The Bertz CT molecular complexity index is 543. The maximum absolute atomic E-state index is 12.1. The van der Waals surface area contributed by atoms with E-state index in [2.05, 4.69) is 0 Å². The molecule has 2 aromatic rings. The Morgan fingerprint density at radius 1 is 1.06 bits per heavy atom. The zero-order chi connectivity index (χ0) is 13.0. The zero-order valence-corrected chi connectivity index (χ0v) is 11.1. The molecule has 2 heteroatoms. The third-order valence-electron chi connectivity index (χ3n) is 3.00. The Kier molecular flexibility index (Phi) is 4.16. The largest absolute Gasteiger partial charge is 0.294 e. The van der Waals surface area contributed by atoms with Crippen molar-refractivity contribution < 1.29 is 4.79 Å². The van der Waals surface area contributed by atoms with E-state index in [1.165, 1.54) is 0 Å². The van der Waals surface area contributed by atoms with Crippen LogP contribution in [0.15, 0.2) is 48.5 Å². The number of rotatable bonds is 4. The van der Waals surface area contributed by atoms with Crippen LogP contribution in [0.5, 0.6) is 0 Å². The number of benzene rings is 2. The summed E-state index contributed by atoms with van der Waals surface area (Å²) >= 11 is 5.82. The molecule has 0 fully saturated rings. The molecule has 2 aromatic carbocycles. The molecule has 0 aliphatic heterocycles. The molecule has 0 unspecified atom stereocenters. The molecule has 0 heterocycles. The molecule has 0 amide bonds. The highest BCUT2D eigenvalue weighted by Gasteiger charge is 2.08. The molecule has 0 aliphatic carbocycles. The van der Waals surface area contributed by atoms with Crippen molar-refractivity contribution in [2.24, 2.45) is 0 Å². The molecule has 0 aromatic heterocycles. The monoisotopic (exact) mass is 258 g/mol. The van der Waals surface area contributed by atoms with Gasteiger partial charge in [0.2, 0.25) is 0 Å². The van der Waals surface area contributed by atoms with Crippen LogP contribution in [0, 0.1) is 6.92 Å². The summed E-state index contributed by atoms with van der Waals surface area (Å²) < 4.78 is 0. The molecule has 0 radical (unpaired) electrons. The van der Waals surface area contributed by atoms with E-state index in [9.17, 15) is 4.79 Å². The summed E-state index contributed by atoms with van der Waals surface area (Å²) in [5.74, 6) is 0.197. The molecule has 0 spiro atoms. The van der Waals surface area contributed by atoms with Crippen molar-refractivity contribution in [1.29, 1.82) is 0 Å². The summed E-state index contributed by atoms with van der Waals surface area (Å²) in [5.41, 5.74) is 3.01. The third-order valence-corrected chi connectivity index (χ3v) is 3.25. The first-order chi connectivity index (χ1) is 8.66. The first kappa shape index (κ1) is 12.8. The fourth-order valence-corrected chi connectivity index (χ4v) is 2.06. The number of aryl methyl sites for hydroxylation is 2. The lowest BCUT2D eigenvalue weighted by molar-refractivity contribution is 0.0982. The van der Waals surface area contributed by atoms with Crippen molar-refractivity contribution >= 4 is 17.4 Å². The number of ketones is 1. The average molecular weight is 259 g/mol. The van der Waals surface area contributed by atoms with Gasteiger partial charge in [-0.1, -0.05) is 48.0 Å². The second kappa shape index (κ2) is 5.83. The summed E-state index contributed by atoms with van der Waals surface area (Å²) in [4.78, 5) is 12.1. The van der Waals surface area contributed by atoms with Crippen LogP contribution >= 0.6 is 11.6 Å². The summed E-state index contributed by atoms with van der Waals surface area (Å²) in [5, 5.41) is 0.726. The van der Waals surface area contributed by atoms with Crippen molar-refractivity contribution in [1.82, 2.24) is 0 Å². The normalized spacial score (nSPS) is 10.3. The van der Waals surface area contributed by atoms with Crippen LogP contribution in [-0.4, -0.2) is 5.78 Å². The molecular formula is C16H15ClO. The Morgan fingerprint density at radius 2 is 1.72 bits per heavy atom. The van der Waals surface area contributed by atoms with Gasteiger partial charge < -0.3 is 0 Å². The predicted octanol–water partition coefficient (Wildman–Crippen LogP) is 4.46. The molecule has 18 heavy (non-hydrogen) atoms. The van der Waals surface area contributed by atoms with Crippen LogP contribution in [0.4, 0.5) is 0 Å². The number of carbonyl (C=O) groups is 1. The fourth-order valence-electron chi connectivity index (χ4n) is 1.93. The van der Waals surface area contributed by atoms with Gasteiger partial charge in [-0.25, -0.2) is 0 Å². The second-order valence-electron chi connectivity index (χ2n) is 4.36. The van der Waals surface area contributed by atoms with Crippen molar-refractivity contribution in [3.8, 4) is 0 Å². The number of carbonyl (C=O) groups excluding carboxylic acids is 1. The van der Waals surface area contributed by atoms with Gasteiger partial charge in [-0.05, 0) is 36.6 Å². The molecule has 0 saturated heterocycles. The van der Waals surface area contributed by atoms with E-state index >= 15 is 0 Å². The minimum Gasteiger partial charge on any atom is -0.294 e. The SMILES string of the molecule is Cc1ccccc1C(=O)CCc1ccc(Cl)cc1. The quantitative estimate of drug-likeness (QED) is 0.740. The second-order valence-corrected chi connectivity index (χ2v) is 4.80. The van der Waals surface area contributed by atoms with Crippen molar-refractivity contribution in [3.05, 3.63) is 70.2 Å². The van der Waals surface area contributed by atoms with E-state index in [-0.39, 0.29) is 5.78 Å². The van der Waals surface area contributed by atoms with E-state index < -0.39 is 0 Å². The molecule has 2 rings (SSSR count). The lowest BCUT2D eigenvalue weighted by Crippen LogP contribution is -2.03. The van der Waals surface area contributed by atoms with E-state index in [4.69, 9.17) is 11.6 Å². The van der Waals surface area contributed by atoms with Gasteiger partial charge in [0.15, 0.2) is 5.78 Å². The fraction of sp³-hybridized carbons (Fsp3) is 0.188. The first-order valence-electron chi connectivity index (χ1n) is 6.00. The van der Waals surface area contributed by atoms with Crippen LogP contribution in [0.3, 0.4) is 0 Å². The molecule has 0 N–H and O–H groups in total. The standard InChI is InChI=1S/C16H15ClO/c1-12-4-2-3-5-15(12)16(18)11-8-13-6-9-14(17)10-7-13/h2-7,9-10H,8,11H2,1H3. The lowest BCUT2D eigenvalue weighted by atomic mass is 9.99. The number of hydrogen-bond donors (Lipinski definition) is 0. The van der Waals surface area contributed by atoms with Gasteiger partial charge >= 0.3 is 0 Å². The molecule has 1 nitrogen and oxygen atoms in total. The maximum atomic E-state index is 12.1. The van der Waals surface area contributed by atoms with E-state index in [1.54, 1.807) is 0 Å². The molecule has 0 aliphatic rings. The molecule has 92 valence electrons. The van der Waals surface area contributed by atoms with Crippen LogP contribution in [0.1, 0.15) is 27.9 Å². The van der Waals surface area contributed by atoms with Crippen molar-refractivity contribution in [2.75, 3.05) is 0 Å². The summed E-state index contributed by atoms with van der Waals surface area (Å²) in [6.45, 7) is 1.97. The lowest BCUT2D eigenvalue weighted by Gasteiger charge is -2.05. The summed E-state index contributed by atoms with van der Waals surface area (Å²) in [7, 11) is 0. The highest BCUT2D eigenvalue weighted by atomic mass is 35.5. The highest BCUT2D eigenvalue weighted by molar-refractivity contribution is 6.30. The van der Waals surface area contributed by atoms with Crippen LogP contribution in [-0.2, 0) is 6.42 Å². The Balaban J connectivity index is 2.01. The third kappa shape index (κ3) is 3.21. The van der Waals surface area contributed by atoms with E-state index in [0.29, 0.717) is 6.42 Å². The van der Waals surface area contributed by atoms with Crippen LogP contribution in [0.25, 0.3) is 0 Å². The van der Waals surface area contributed by atoms with Gasteiger partial charge in [-0.2, -0.15) is 0 Å². The van der Waals surface area contributed by atoms with Gasteiger partial charge in [0.25, 0.3) is 0 Å². The minimum absolute atomic E-state index is 0.197. The molecule has 0 atom stereocenters. The topological polar surface area (TPSA) is 17.1 Å². The molecular weight excluding hydrogens is 244 g/mol. The Hall–Kier alpha value is -1.60. The maximum Gasteiger partial charge on any atom is 0.163 e. The smallest absolute Gasteiger partial charge is 0.163 e.